The Morgan fingerprint density at radius 2 is 1.85 bits per heavy atom. The highest BCUT2D eigenvalue weighted by molar-refractivity contribution is 6.09. The van der Waals surface area contributed by atoms with E-state index in [1.165, 1.54) is 22.3 Å². The predicted octanol–water partition coefficient (Wildman–Crippen LogP) is 5.68. The molecule has 1 spiro atoms. The normalized spacial score (nSPS) is 30.8. The standard InChI is InChI=1S/C33H42N4O3/c1-21-18-32(5)29(34-28(21)26-8-6-24(7-9-26)25-12-16-37(17-13-25)22(2)39)35-30(36-32)40-20-23-10-14-33(15-11-23)27(19-38)31(33,3)4/h6-9,12,20,27,38H,10-11,13-19H2,1-5H3,(H,34,35,36). The zero-order chi connectivity index (χ0) is 28.3. The number of amidine groups is 2. The van der Waals surface area contributed by atoms with Crippen LogP contribution in [0.1, 0.15) is 84.3 Å². The summed E-state index contributed by atoms with van der Waals surface area (Å²) in [6, 6.07) is 9.10. The number of aliphatic imine (C=N–C) groups is 2. The fourth-order valence-electron chi connectivity index (χ4n) is 7.79. The number of aliphatic hydroxyl groups excluding tert-OH is 1. The van der Waals surface area contributed by atoms with Crippen molar-refractivity contribution in [2.75, 3.05) is 19.7 Å². The highest BCUT2D eigenvalue weighted by atomic mass is 16.5. The van der Waals surface area contributed by atoms with Crippen LogP contribution >= 0.6 is 0 Å². The van der Waals surface area contributed by atoms with Gasteiger partial charge >= 0.3 is 6.02 Å². The van der Waals surface area contributed by atoms with Gasteiger partial charge in [-0.15, -0.1) is 0 Å². The molecule has 0 aromatic heterocycles. The molecule has 40 heavy (non-hydrogen) atoms. The smallest absolute Gasteiger partial charge is 0.319 e. The largest absolute Gasteiger partial charge is 0.432 e. The number of carbonyl (C=O) groups is 1. The van der Waals surface area contributed by atoms with Crippen molar-refractivity contribution in [2.24, 2.45) is 26.7 Å². The summed E-state index contributed by atoms with van der Waals surface area (Å²) >= 11 is 0. The zero-order valence-corrected chi connectivity index (χ0v) is 24.5. The lowest BCUT2D eigenvalue weighted by Crippen LogP contribution is -2.44. The molecule has 7 nitrogen and oxygen atoms in total. The Morgan fingerprint density at radius 1 is 1.15 bits per heavy atom. The molecule has 7 heteroatoms. The van der Waals surface area contributed by atoms with E-state index in [-0.39, 0.29) is 11.3 Å². The van der Waals surface area contributed by atoms with E-state index < -0.39 is 5.54 Å². The van der Waals surface area contributed by atoms with E-state index >= 15 is 0 Å². The lowest BCUT2D eigenvalue weighted by atomic mass is 9.78. The van der Waals surface area contributed by atoms with E-state index in [9.17, 15) is 9.90 Å². The Balaban J connectivity index is 1.10. The molecule has 1 aromatic carbocycles. The van der Waals surface area contributed by atoms with E-state index in [0.29, 0.717) is 30.5 Å². The number of allylic oxidation sites excluding steroid dienone is 1. The predicted molar refractivity (Wildman–Crippen MR) is 159 cm³/mol. The maximum absolute atomic E-state index is 11.6. The molecule has 1 amide bonds. The van der Waals surface area contributed by atoms with Crippen LogP contribution < -0.4 is 5.32 Å². The molecule has 0 saturated heterocycles. The molecule has 6 rings (SSSR count). The van der Waals surface area contributed by atoms with Gasteiger partial charge in [-0.25, -0.2) is 4.99 Å². The molecule has 2 unspecified atom stereocenters. The van der Waals surface area contributed by atoms with Gasteiger partial charge in [0.2, 0.25) is 5.91 Å². The lowest BCUT2D eigenvalue weighted by Gasteiger charge is -2.31. The summed E-state index contributed by atoms with van der Waals surface area (Å²) in [5.41, 5.74) is 7.35. The van der Waals surface area contributed by atoms with Crippen LogP contribution in [0.15, 0.2) is 57.7 Å². The lowest BCUT2D eigenvalue weighted by molar-refractivity contribution is -0.128. The molecule has 0 bridgehead atoms. The summed E-state index contributed by atoms with van der Waals surface area (Å²) in [6.45, 7) is 12.3. The average molecular weight is 543 g/mol. The number of nitrogens with zero attached hydrogens (tertiary/aromatic N) is 3. The first-order valence-electron chi connectivity index (χ1n) is 14.7. The van der Waals surface area contributed by atoms with Gasteiger partial charge < -0.3 is 20.1 Å². The number of hydrogen-bond acceptors (Lipinski definition) is 6. The first-order valence-corrected chi connectivity index (χ1v) is 14.7. The molecule has 212 valence electrons. The van der Waals surface area contributed by atoms with E-state index in [0.717, 1.165) is 62.2 Å². The number of nitrogens with one attached hydrogen (secondary N) is 1. The summed E-state index contributed by atoms with van der Waals surface area (Å²) in [7, 11) is 0. The minimum absolute atomic E-state index is 0.133. The topological polar surface area (TPSA) is 86.5 Å². The van der Waals surface area contributed by atoms with Gasteiger partial charge in [-0.1, -0.05) is 44.2 Å². The molecule has 2 saturated carbocycles. The van der Waals surface area contributed by atoms with Crippen molar-refractivity contribution in [3.63, 3.8) is 0 Å². The summed E-state index contributed by atoms with van der Waals surface area (Å²) < 4.78 is 6.04. The quantitative estimate of drug-likeness (QED) is 0.479. The van der Waals surface area contributed by atoms with Crippen molar-refractivity contribution in [3.8, 4) is 0 Å². The second kappa shape index (κ2) is 9.72. The van der Waals surface area contributed by atoms with Crippen LogP contribution in [0.5, 0.6) is 0 Å². The summed E-state index contributed by atoms with van der Waals surface area (Å²) in [5.74, 6) is 1.39. The third-order valence-corrected chi connectivity index (χ3v) is 10.6. The first-order chi connectivity index (χ1) is 19.1. The monoisotopic (exact) mass is 542 g/mol. The average Bonchev–Trinajstić information content (AvgIpc) is 3.19. The SMILES string of the molecule is CC(=O)N1CC=C(c2ccc(C3=C(C)CC4(C)N=C(OC=C5CCC6(CC5)C(CO)C6(C)C)N=C4N3)cc2)CC1. The first kappa shape index (κ1) is 27.0. The third kappa shape index (κ3) is 4.43. The Morgan fingerprint density at radius 3 is 2.45 bits per heavy atom. The fourth-order valence-corrected chi connectivity index (χ4v) is 7.79. The van der Waals surface area contributed by atoms with Crippen molar-refractivity contribution in [2.45, 2.75) is 78.7 Å². The molecular weight excluding hydrogens is 500 g/mol. The van der Waals surface area contributed by atoms with Gasteiger partial charge in [0.05, 0.1) is 6.26 Å². The van der Waals surface area contributed by atoms with E-state index in [1.54, 1.807) is 6.92 Å². The molecule has 2 N–H and O–H groups in total. The van der Waals surface area contributed by atoms with Crippen molar-refractivity contribution >= 4 is 29.0 Å². The number of fused-ring (bicyclic) bond motifs is 1. The number of amides is 1. The van der Waals surface area contributed by atoms with Crippen LogP contribution in [0.25, 0.3) is 11.3 Å². The van der Waals surface area contributed by atoms with E-state index in [2.05, 4.69) is 63.4 Å². The maximum Gasteiger partial charge on any atom is 0.319 e. The van der Waals surface area contributed by atoms with Gasteiger partial charge in [-0.3, -0.25) is 4.79 Å². The number of hydrogen-bond donors (Lipinski definition) is 2. The minimum atomic E-state index is -0.445. The van der Waals surface area contributed by atoms with Crippen LogP contribution in [-0.2, 0) is 9.53 Å². The summed E-state index contributed by atoms with van der Waals surface area (Å²) in [5, 5.41) is 13.4. The second-order valence-corrected chi connectivity index (χ2v) is 13.1. The van der Waals surface area contributed by atoms with Gasteiger partial charge in [0.1, 0.15) is 11.4 Å². The van der Waals surface area contributed by atoms with Crippen LogP contribution in [0.4, 0.5) is 0 Å². The van der Waals surface area contributed by atoms with Crippen LogP contribution in [-0.4, -0.2) is 53.0 Å². The highest BCUT2D eigenvalue weighted by Crippen LogP contribution is 2.74. The molecule has 5 aliphatic rings. The maximum atomic E-state index is 11.6. The van der Waals surface area contributed by atoms with Gasteiger partial charge in [-0.2, -0.15) is 4.99 Å². The number of ether oxygens (including phenoxy) is 1. The van der Waals surface area contributed by atoms with E-state index in [4.69, 9.17) is 14.7 Å². The molecule has 2 atom stereocenters. The van der Waals surface area contributed by atoms with E-state index in [1.807, 2.05) is 11.2 Å². The van der Waals surface area contributed by atoms with Crippen molar-refractivity contribution in [1.29, 1.82) is 0 Å². The highest BCUT2D eigenvalue weighted by Gasteiger charge is 2.69. The molecular formula is C33H42N4O3. The number of carbonyl (C=O) groups excluding carboxylic acids is 1. The van der Waals surface area contributed by atoms with Crippen molar-refractivity contribution in [3.05, 3.63) is 58.9 Å². The van der Waals surface area contributed by atoms with Crippen LogP contribution in [0.3, 0.4) is 0 Å². The Hall–Kier alpha value is -3.19. The number of aliphatic hydroxyl groups is 1. The third-order valence-electron chi connectivity index (χ3n) is 10.6. The molecule has 3 heterocycles. The zero-order valence-electron chi connectivity index (χ0n) is 24.5. The van der Waals surface area contributed by atoms with Gasteiger partial charge in [0, 0.05) is 38.7 Å². The van der Waals surface area contributed by atoms with Gasteiger partial charge in [0.25, 0.3) is 0 Å². The fraction of sp³-hybridized carbons (Fsp3) is 0.545. The minimum Gasteiger partial charge on any atom is -0.432 e. The number of rotatable bonds is 4. The Kier molecular flexibility index (Phi) is 6.56. The molecule has 0 radical (unpaired) electrons. The Bertz CT molecular complexity index is 1370. The molecule has 2 aliphatic carbocycles. The molecule has 2 fully saturated rings. The summed E-state index contributed by atoms with van der Waals surface area (Å²) in [4.78, 5) is 23.1. The van der Waals surface area contributed by atoms with Crippen LogP contribution in [0.2, 0.25) is 0 Å². The van der Waals surface area contributed by atoms with Gasteiger partial charge in [0.15, 0.2) is 0 Å². The van der Waals surface area contributed by atoms with Crippen molar-refractivity contribution < 1.29 is 14.6 Å². The second-order valence-electron chi connectivity index (χ2n) is 13.1. The van der Waals surface area contributed by atoms with Gasteiger partial charge in [-0.05, 0) is 90.5 Å². The summed E-state index contributed by atoms with van der Waals surface area (Å²) in [6.07, 6.45) is 9.94. The van der Waals surface area contributed by atoms with Crippen molar-refractivity contribution in [1.82, 2.24) is 10.2 Å². The Labute approximate surface area is 237 Å². The molecule has 3 aliphatic heterocycles. The number of benzene rings is 1. The van der Waals surface area contributed by atoms with Crippen LogP contribution in [0, 0.1) is 16.7 Å². The molecule has 1 aromatic rings.